The minimum Gasteiger partial charge on any atom is -0.334 e. The van der Waals surface area contributed by atoms with Crippen molar-refractivity contribution in [2.45, 2.75) is 6.54 Å². The molecule has 0 bridgehead atoms. The highest BCUT2D eigenvalue weighted by atomic mass is 16.6. The van der Waals surface area contributed by atoms with Gasteiger partial charge in [-0.3, -0.25) is 20.1 Å². The molecule has 3 aromatic rings. The Bertz CT molecular complexity index is 931. The molecule has 0 radical (unpaired) electrons. The van der Waals surface area contributed by atoms with Gasteiger partial charge in [-0.1, -0.05) is 24.3 Å². The van der Waals surface area contributed by atoms with E-state index in [0.717, 1.165) is 23.0 Å². The van der Waals surface area contributed by atoms with Crippen molar-refractivity contribution in [1.82, 2.24) is 15.3 Å². The second-order valence-electron chi connectivity index (χ2n) is 5.37. The first-order chi connectivity index (χ1) is 12.6. The molecule has 0 atom stereocenters. The summed E-state index contributed by atoms with van der Waals surface area (Å²) in [6.07, 6.45) is 4.18. The Morgan fingerprint density at radius 3 is 2.77 bits per heavy atom. The van der Waals surface area contributed by atoms with Crippen molar-refractivity contribution in [2.75, 3.05) is 5.32 Å². The van der Waals surface area contributed by atoms with E-state index in [1.165, 1.54) is 12.3 Å². The maximum Gasteiger partial charge on any atom is 0.319 e. The zero-order valence-electron chi connectivity index (χ0n) is 13.6. The molecular formula is C18H15N5O3. The lowest BCUT2D eigenvalue weighted by atomic mass is 10.1. The summed E-state index contributed by atoms with van der Waals surface area (Å²) in [5.74, 6) is 0. The second-order valence-corrected chi connectivity index (χ2v) is 5.37. The molecule has 2 N–H and O–H groups in total. The van der Waals surface area contributed by atoms with Gasteiger partial charge in [0.15, 0.2) is 0 Å². The van der Waals surface area contributed by atoms with E-state index >= 15 is 0 Å². The van der Waals surface area contributed by atoms with Gasteiger partial charge in [0.1, 0.15) is 11.9 Å². The summed E-state index contributed by atoms with van der Waals surface area (Å²) in [5, 5.41) is 16.1. The van der Waals surface area contributed by atoms with Gasteiger partial charge >= 0.3 is 11.7 Å². The topological polar surface area (TPSA) is 110 Å². The second kappa shape index (κ2) is 7.84. The van der Waals surface area contributed by atoms with Crippen molar-refractivity contribution >= 4 is 17.4 Å². The summed E-state index contributed by atoms with van der Waals surface area (Å²) in [6.45, 7) is 0.269. The fraction of sp³-hybridized carbons (Fsp3) is 0.0556. The van der Waals surface area contributed by atoms with Crippen LogP contribution in [-0.2, 0) is 6.54 Å². The van der Waals surface area contributed by atoms with Crippen LogP contribution in [0.5, 0.6) is 0 Å². The van der Waals surface area contributed by atoms with E-state index in [1.54, 1.807) is 6.20 Å². The molecule has 26 heavy (non-hydrogen) atoms. The zero-order chi connectivity index (χ0) is 18.4. The molecule has 3 rings (SSSR count). The average molecular weight is 349 g/mol. The lowest BCUT2D eigenvalue weighted by molar-refractivity contribution is -0.384. The lowest BCUT2D eigenvalue weighted by Gasteiger charge is -2.09. The number of benzene rings is 1. The van der Waals surface area contributed by atoms with Gasteiger partial charge in [-0.15, -0.1) is 0 Å². The number of amides is 2. The number of anilines is 1. The first-order valence-electron chi connectivity index (χ1n) is 7.77. The molecule has 0 aliphatic heterocycles. The molecule has 0 unspecified atom stereocenters. The summed E-state index contributed by atoms with van der Waals surface area (Å²) in [7, 11) is 0. The maximum atomic E-state index is 12.0. The Hall–Kier alpha value is -3.81. The van der Waals surface area contributed by atoms with Crippen LogP contribution in [0, 0.1) is 10.1 Å². The summed E-state index contributed by atoms with van der Waals surface area (Å²) < 4.78 is 0. The van der Waals surface area contributed by atoms with Gasteiger partial charge in [-0.25, -0.2) is 4.79 Å². The zero-order valence-corrected chi connectivity index (χ0v) is 13.6. The number of carbonyl (C=O) groups is 1. The smallest absolute Gasteiger partial charge is 0.319 e. The van der Waals surface area contributed by atoms with Gasteiger partial charge in [0.05, 0.1) is 10.6 Å². The predicted octanol–water partition coefficient (Wildman–Crippen LogP) is 3.37. The number of nitrogens with zero attached hydrogens (tertiary/aromatic N) is 3. The van der Waals surface area contributed by atoms with Gasteiger partial charge in [-0.2, -0.15) is 0 Å². The van der Waals surface area contributed by atoms with E-state index in [9.17, 15) is 14.9 Å². The molecule has 0 aliphatic carbocycles. The summed E-state index contributed by atoms with van der Waals surface area (Å²) in [5.41, 5.74) is 2.48. The summed E-state index contributed by atoms with van der Waals surface area (Å²) in [6, 6.07) is 14.1. The summed E-state index contributed by atoms with van der Waals surface area (Å²) >= 11 is 0. The number of carbonyl (C=O) groups excluding carboxylic acids is 1. The highest BCUT2D eigenvalue weighted by Gasteiger charge is 2.15. The number of hydrogen-bond acceptors (Lipinski definition) is 5. The highest BCUT2D eigenvalue weighted by molar-refractivity contribution is 5.91. The molecule has 2 heterocycles. The Labute approximate surface area is 149 Å². The largest absolute Gasteiger partial charge is 0.334 e. The van der Waals surface area contributed by atoms with Gasteiger partial charge < -0.3 is 10.6 Å². The molecule has 0 spiro atoms. The standard InChI is InChI=1S/C18H15N5O3/c24-18(22-16-7-9-19-12-17(16)23(25)26)21-11-13-4-3-5-14(10-13)15-6-1-2-8-20-15/h1-10,12H,11H2,(H2,19,21,22,24). The molecule has 0 saturated heterocycles. The van der Waals surface area contributed by atoms with Gasteiger partial charge in [0.2, 0.25) is 0 Å². The monoisotopic (exact) mass is 349 g/mol. The first-order valence-corrected chi connectivity index (χ1v) is 7.77. The Morgan fingerprint density at radius 1 is 1.12 bits per heavy atom. The Morgan fingerprint density at radius 2 is 2.00 bits per heavy atom. The van der Waals surface area contributed by atoms with Crippen molar-refractivity contribution in [3.8, 4) is 11.3 Å². The molecule has 8 nitrogen and oxygen atoms in total. The Balaban J connectivity index is 1.65. The number of aromatic nitrogens is 2. The molecule has 0 aliphatic rings. The van der Waals surface area contributed by atoms with Crippen LogP contribution in [-0.4, -0.2) is 20.9 Å². The van der Waals surface area contributed by atoms with Crippen molar-refractivity contribution in [3.05, 3.63) is 82.8 Å². The minimum atomic E-state index is -0.598. The van der Waals surface area contributed by atoms with Crippen molar-refractivity contribution in [2.24, 2.45) is 0 Å². The summed E-state index contributed by atoms with van der Waals surface area (Å²) in [4.78, 5) is 30.4. The van der Waals surface area contributed by atoms with Crippen molar-refractivity contribution < 1.29 is 9.72 Å². The molecule has 0 saturated carbocycles. The third-order valence-corrected chi connectivity index (χ3v) is 3.59. The van der Waals surface area contributed by atoms with Crippen LogP contribution < -0.4 is 10.6 Å². The van der Waals surface area contributed by atoms with Crippen molar-refractivity contribution in [1.29, 1.82) is 0 Å². The molecule has 2 amide bonds. The van der Waals surface area contributed by atoms with Crippen LogP contribution in [0.1, 0.15) is 5.56 Å². The SMILES string of the molecule is O=C(NCc1cccc(-c2ccccn2)c1)Nc1ccncc1[N+](=O)[O-]. The lowest BCUT2D eigenvalue weighted by Crippen LogP contribution is -2.28. The van der Waals surface area contributed by atoms with E-state index in [1.807, 2.05) is 42.5 Å². The number of nitro groups is 1. The minimum absolute atomic E-state index is 0.0877. The quantitative estimate of drug-likeness (QED) is 0.542. The molecule has 2 aromatic heterocycles. The van der Waals surface area contributed by atoms with E-state index in [0.29, 0.717) is 0 Å². The first kappa shape index (κ1) is 17.0. The third-order valence-electron chi connectivity index (χ3n) is 3.59. The van der Waals surface area contributed by atoms with Crippen LogP contribution in [0.2, 0.25) is 0 Å². The van der Waals surface area contributed by atoms with Crippen LogP contribution in [0.4, 0.5) is 16.2 Å². The van der Waals surface area contributed by atoms with Crippen LogP contribution in [0.15, 0.2) is 67.1 Å². The predicted molar refractivity (Wildman–Crippen MR) is 96.4 cm³/mol. The average Bonchev–Trinajstić information content (AvgIpc) is 2.67. The van der Waals surface area contributed by atoms with Crippen molar-refractivity contribution in [3.63, 3.8) is 0 Å². The number of urea groups is 1. The highest BCUT2D eigenvalue weighted by Crippen LogP contribution is 2.21. The molecule has 1 aromatic carbocycles. The fourth-order valence-corrected chi connectivity index (χ4v) is 2.36. The number of rotatable bonds is 5. The normalized spacial score (nSPS) is 10.2. The molecule has 0 fully saturated rings. The molecular weight excluding hydrogens is 334 g/mol. The number of nitrogens with one attached hydrogen (secondary N) is 2. The van der Waals surface area contributed by atoms with Gasteiger partial charge in [-0.05, 0) is 29.8 Å². The molecule has 8 heteroatoms. The van der Waals surface area contributed by atoms with E-state index < -0.39 is 11.0 Å². The molecule has 130 valence electrons. The van der Waals surface area contributed by atoms with Crippen LogP contribution in [0.3, 0.4) is 0 Å². The number of hydrogen-bond donors (Lipinski definition) is 2. The number of pyridine rings is 2. The van der Waals surface area contributed by atoms with Gasteiger partial charge in [0, 0.05) is 24.5 Å². The van der Waals surface area contributed by atoms with Gasteiger partial charge in [0.25, 0.3) is 0 Å². The fourth-order valence-electron chi connectivity index (χ4n) is 2.36. The van der Waals surface area contributed by atoms with E-state index in [2.05, 4.69) is 20.6 Å². The third kappa shape index (κ3) is 4.18. The maximum absolute atomic E-state index is 12.0. The van der Waals surface area contributed by atoms with E-state index in [-0.39, 0.29) is 17.9 Å². The van der Waals surface area contributed by atoms with E-state index in [4.69, 9.17) is 0 Å². The Kier molecular flexibility index (Phi) is 5.14. The van der Waals surface area contributed by atoms with Crippen LogP contribution in [0.25, 0.3) is 11.3 Å². The van der Waals surface area contributed by atoms with Crippen LogP contribution >= 0.6 is 0 Å².